The quantitative estimate of drug-likeness (QED) is 0.289. The molecule has 136 valence electrons. The van der Waals surface area contributed by atoms with E-state index < -0.39 is 0 Å². The molecule has 0 amide bonds. The Kier molecular flexibility index (Phi) is 145. The maximum absolute atomic E-state index is 7.50. The Morgan fingerprint density at radius 1 is 0.538 bits per heavy atom. The molecule has 0 heterocycles. The van der Waals surface area contributed by atoms with Crippen LogP contribution in [0, 0.1) is 53.7 Å². The molecule has 0 bridgehead atoms. The minimum Gasteiger partial charge on any atom is 0 e. The summed E-state index contributed by atoms with van der Waals surface area (Å²) in [5.41, 5.74) is 2.69. The van der Waals surface area contributed by atoms with Gasteiger partial charge in [-0.3, -0.25) is 0 Å². The van der Waals surface area contributed by atoms with E-state index in [1.807, 2.05) is 24.3 Å². The Balaban J connectivity index is -0.0000000255. The van der Waals surface area contributed by atoms with Gasteiger partial charge in [0.1, 0.15) is 0 Å². The van der Waals surface area contributed by atoms with Gasteiger partial charge in [-0.15, -0.1) is 0 Å². The van der Waals surface area contributed by atoms with Crippen LogP contribution in [0.25, 0.3) is 0 Å². The number of aryl methyl sites for hydroxylation is 2. The van der Waals surface area contributed by atoms with E-state index >= 15 is 0 Å². The van der Waals surface area contributed by atoms with E-state index in [9.17, 15) is 0 Å². The summed E-state index contributed by atoms with van der Waals surface area (Å²) in [7, 11) is 0. The molecular formula is C18H14Mo2O6-2. The summed E-state index contributed by atoms with van der Waals surface area (Å²) in [6, 6.07) is 16.5. The van der Waals surface area contributed by atoms with Gasteiger partial charge >= 0.3 is 67.8 Å². The van der Waals surface area contributed by atoms with Gasteiger partial charge in [0, 0.05) is 42.1 Å². The molecule has 2 aromatic rings. The van der Waals surface area contributed by atoms with E-state index in [4.69, 9.17) is 27.9 Å². The largest absolute Gasteiger partial charge is 0 e. The molecule has 0 saturated carbocycles. The second-order valence-corrected chi connectivity index (χ2v) is 2.92. The van der Waals surface area contributed by atoms with Crippen LogP contribution in [-0.2, 0) is 70.0 Å². The Labute approximate surface area is 182 Å². The molecule has 2 rings (SSSR count). The second kappa shape index (κ2) is 76.1. The van der Waals surface area contributed by atoms with Crippen molar-refractivity contribution in [2.75, 3.05) is 0 Å². The maximum Gasteiger partial charge on any atom is 0 e. The van der Waals surface area contributed by atoms with Crippen LogP contribution in [0.3, 0.4) is 0 Å². The van der Waals surface area contributed by atoms with Crippen molar-refractivity contribution in [3.63, 3.8) is 0 Å². The molecule has 6 nitrogen and oxygen atoms in total. The number of rotatable bonds is 0. The fraction of sp³-hybridized carbons (Fsp3) is 0.111. The molecule has 8 heteroatoms. The van der Waals surface area contributed by atoms with Crippen molar-refractivity contribution in [2.45, 2.75) is 13.8 Å². The van der Waals surface area contributed by atoms with Crippen LogP contribution in [0.5, 0.6) is 0 Å². The van der Waals surface area contributed by atoms with Gasteiger partial charge in [0.05, 0.1) is 0 Å². The Morgan fingerprint density at radius 3 is 0.769 bits per heavy atom. The second-order valence-electron chi connectivity index (χ2n) is 2.92. The van der Waals surface area contributed by atoms with Gasteiger partial charge in [-0.25, -0.2) is 23.3 Å². The van der Waals surface area contributed by atoms with Gasteiger partial charge < -0.3 is 0 Å². The first-order chi connectivity index (χ1) is 11.8. The third-order valence-corrected chi connectivity index (χ3v) is 1.66. The molecule has 0 spiro atoms. The molecule has 0 radical (unpaired) electrons. The monoisotopic (exact) mass is 522 g/mol. The molecular weight excluding hydrogens is 504 g/mol. The molecule has 0 aliphatic carbocycles. The third-order valence-electron chi connectivity index (χ3n) is 1.66. The molecule has 0 fully saturated rings. The van der Waals surface area contributed by atoms with Crippen molar-refractivity contribution in [3.8, 4) is 0 Å². The van der Waals surface area contributed by atoms with E-state index in [1.165, 1.54) is 11.1 Å². The number of hydrogen-bond donors (Lipinski definition) is 0. The predicted octanol–water partition coefficient (Wildman–Crippen LogP) is 3.20. The maximum atomic E-state index is 7.50. The van der Waals surface area contributed by atoms with Crippen molar-refractivity contribution in [1.82, 2.24) is 0 Å². The standard InChI is InChI=1S/2C6H7.6CO.2Mo/c2*1-6-4-2-3-5-6;6*1-2;;/h2*2-5H,1H3;;;;;;;;/q2*-1;;;;;;;;. The summed E-state index contributed by atoms with van der Waals surface area (Å²) in [5.74, 6) is 0. The average Bonchev–Trinajstić information content (AvgIpc) is 3.39. The molecule has 0 aliphatic heterocycles. The van der Waals surface area contributed by atoms with E-state index in [2.05, 4.69) is 78.0 Å². The van der Waals surface area contributed by atoms with Gasteiger partial charge in [0.2, 0.25) is 0 Å². The molecule has 0 aliphatic rings. The van der Waals surface area contributed by atoms with Crippen molar-refractivity contribution < 1.29 is 70.0 Å². The topological polar surface area (TPSA) is 119 Å². The number of hydrogen-bond acceptors (Lipinski definition) is 0. The molecule has 26 heavy (non-hydrogen) atoms. The van der Waals surface area contributed by atoms with Gasteiger partial charge in [0.15, 0.2) is 0 Å². The van der Waals surface area contributed by atoms with Crippen LogP contribution in [0.2, 0.25) is 0 Å². The van der Waals surface area contributed by atoms with E-state index in [-0.39, 0.29) is 42.1 Å². The van der Waals surface area contributed by atoms with Crippen molar-refractivity contribution in [2.24, 2.45) is 0 Å². The van der Waals surface area contributed by atoms with Crippen molar-refractivity contribution in [1.29, 1.82) is 0 Å². The minimum absolute atomic E-state index is 0. The van der Waals surface area contributed by atoms with Crippen LogP contribution < -0.4 is 0 Å². The zero-order valence-corrected chi connectivity index (χ0v) is 17.9. The molecule has 0 unspecified atom stereocenters. The third kappa shape index (κ3) is 66.5. The summed E-state index contributed by atoms with van der Waals surface area (Å²) >= 11 is 0. The fourth-order valence-electron chi connectivity index (χ4n) is 0.940. The average molecular weight is 518 g/mol. The zero-order chi connectivity index (χ0) is 20.8. The molecule has 0 aromatic heterocycles. The van der Waals surface area contributed by atoms with Gasteiger partial charge in [-0.2, -0.15) is 36.4 Å². The molecule has 0 N–H and O–H groups in total. The first-order valence-corrected chi connectivity index (χ1v) is 5.38. The predicted molar refractivity (Wildman–Crippen MR) is 77.1 cm³/mol. The van der Waals surface area contributed by atoms with Gasteiger partial charge in [0.25, 0.3) is 0 Å². The summed E-state index contributed by atoms with van der Waals surface area (Å²) in [6.45, 7) is 31.2. The van der Waals surface area contributed by atoms with E-state index in [0.29, 0.717) is 0 Å². The summed E-state index contributed by atoms with van der Waals surface area (Å²) in [5, 5.41) is 0. The first-order valence-electron chi connectivity index (χ1n) is 5.38. The minimum atomic E-state index is 0. The molecule has 0 atom stereocenters. The van der Waals surface area contributed by atoms with E-state index in [1.54, 1.807) is 0 Å². The fourth-order valence-corrected chi connectivity index (χ4v) is 0.940. The molecule has 0 saturated heterocycles. The van der Waals surface area contributed by atoms with Crippen LogP contribution in [0.1, 0.15) is 11.1 Å². The zero-order valence-electron chi connectivity index (χ0n) is 13.9. The summed E-state index contributed by atoms with van der Waals surface area (Å²) < 4.78 is 45.0. The normalized spacial score (nSPS) is 4.54. The van der Waals surface area contributed by atoms with Gasteiger partial charge in [-0.1, -0.05) is 13.8 Å². The van der Waals surface area contributed by atoms with Crippen molar-refractivity contribution >= 4 is 0 Å². The Bertz CT molecular complexity index is 439. The van der Waals surface area contributed by atoms with E-state index in [0.717, 1.165) is 0 Å². The first kappa shape index (κ1) is 49.7. The van der Waals surface area contributed by atoms with Crippen LogP contribution in [0.4, 0.5) is 0 Å². The van der Waals surface area contributed by atoms with Crippen molar-refractivity contribution in [3.05, 3.63) is 99.6 Å². The molecule has 2 aromatic carbocycles. The smallest absolute Gasteiger partial charge is 0 e. The Morgan fingerprint density at radius 2 is 0.731 bits per heavy atom. The van der Waals surface area contributed by atoms with Gasteiger partial charge in [-0.05, 0) is 0 Å². The SMILES string of the molecule is Cc1cc[cH-]c1.Cc1cc[cH-]c1.[C-]#[O+].[C-]#[O+].[C-]#[O+].[C-]#[O+].[C-]#[O+].[C-]#[O+].[Mo].[Mo]. The van der Waals surface area contributed by atoms with Crippen LogP contribution >= 0.6 is 0 Å². The van der Waals surface area contributed by atoms with Crippen LogP contribution in [0.15, 0.2) is 48.5 Å². The Hall–Kier alpha value is -1.48. The summed E-state index contributed by atoms with van der Waals surface area (Å²) in [6.07, 6.45) is 0. The van der Waals surface area contributed by atoms with Crippen LogP contribution in [-0.4, -0.2) is 0 Å². The summed E-state index contributed by atoms with van der Waals surface area (Å²) in [4.78, 5) is 0.